The van der Waals surface area contributed by atoms with Crippen LogP contribution in [0.15, 0.2) is 54.7 Å². The molecule has 4 rings (SSSR count). The average molecular weight is 513 g/mol. The number of likely N-dealkylation sites (N-methyl/N-ethyl adjacent to an activating group) is 1. The Bertz CT molecular complexity index is 1240. The third-order valence-corrected chi connectivity index (χ3v) is 6.41. The number of nitrogen functional groups attached to an aromatic ring is 1. The van der Waals surface area contributed by atoms with Crippen molar-refractivity contribution < 1.29 is 18.0 Å². The number of pyridine rings is 1. The molecule has 1 amide bonds. The number of nitrogens with one attached hydrogen (secondary N) is 2. The molecule has 0 radical (unpaired) electrons. The summed E-state index contributed by atoms with van der Waals surface area (Å²) in [6.07, 6.45) is -2.90. The van der Waals surface area contributed by atoms with Crippen LogP contribution in [0.1, 0.15) is 32.6 Å². The topological polar surface area (TPSA) is 86.5 Å². The predicted molar refractivity (Wildman–Crippen MR) is 139 cm³/mol. The highest BCUT2D eigenvalue weighted by atomic mass is 19.4. The summed E-state index contributed by atoms with van der Waals surface area (Å²) in [7, 11) is 2.00. The number of carbonyl (C=O) groups excluding carboxylic acids is 1. The largest absolute Gasteiger partial charge is 0.416 e. The number of rotatable bonds is 7. The maximum Gasteiger partial charge on any atom is 0.416 e. The van der Waals surface area contributed by atoms with E-state index >= 15 is 0 Å². The number of carbonyl (C=O) groups is 1. The lowest BCUT2D eigenvalue weighted by molar-refractivity contribution is -0.138. The zero-order valence-corrected chi connectivity index (χ0v) is 20.9. The maximum absolute atomic E-state index is 13.9. The Morgan fingerprint density at radius 1 is 1.05 bits per heavy atom. The van der Waals surface area contributed by atoms with Crippen LogP contribution in [-0.4, -0.2) is 53.9 Å². The minimum absolute atomic E-state index is 0.0914. The fourth-order valence-corrected chi connectivity index (χ4v) is 4.24. The third kappa shape index (κ3) is 6.99. The molecule has 4 N–H and O–H groups in total. The molecule has 1 aliphatic rings. The SMILES string of the molecule is Cc1ccc(C(=O)Nc2ccc(CN3CCN(C)CC3)c(C(F)(F)F)c2)c(NCc2ccc(N)nc2)c1. The molecule has 1 saturated heterocycles. The Balaban J connectivity index is 1.51. The normalized spacial score (nSPS) is 14.9. The maximum atomic E-state index is 13.9. The van der Waals surface area contributed by atoms with E-state index in [9.17, 15) is 18.0 Å². The van der Waals surface area contributed by atoms with E-state index in [1.54, 1.807) is 24.4 Å². The van der Waals surface area contributed by atoms with Crippen LogP contribution in [0.3, 0.4) is 0 Å². The van der Waals surface area contributed by atoms with E-state index in [0.717, 1.165) is 30.3 Å². The van der Waals surface area contributed by atoms with Gasteiger partial charge in [0.1, 0.15) is 5.82 Å². The van der Waals surface area contributed by atoms with Crippen molar-refractivity contribution >= 4 is 23.1 Å². The molecule has 196 valence electrons. The van der Waals surface area contributed by atoms with Crippen LogP contribution in [0.2, 0.25) is 0 Å². The number of aryl methyl sites for hydroxylation is 1. The van der Waals surface area contributed by atoms with Crippen LogP contribution < -0.4 is 16.4 Å². The van der Waals surface area contributed by atoms with Gasteiger partial charge in [-0.05, 0) is 61.0 Å². The van der Waals surface area contributed by atoms with Gasteiger partial charge in [-0.15, -0.1) is 0 Å². The third-order valence-electron chi connectivity index (χ3n) is 6.41. The van der Waals surface area contributed by atoms with Crippen molar-refractivity contribution in [3.63, 3.8) is 0 Å². The summed E-state index contributed by atoms with van der Waals surface area (Å²) < 4.78 is 41.8. The number of hydrogen-bond donors (Lipinski definition) is 3. The van der Waals surface area contributed by atoms with Crippen LogP contribution in [-0.2, 0) is 19.3 Å². The Morgan fingerprint density at radius 2 is 1.81 bits per heavy atom. The average Bonchev–Trinajstić information content (AvgIpc) is 2.85. The van der Waals surface area contributed by atoms with Crippen LogP contribution in [0.4, 0.5) is 30.4 Å². The van der Waals surface area contributed by atoms with E-state index in [1.165, 1.54) is 12.1 Å². The van der Waals surface area contributed by atoms with E-state index in [0.29, 0.717) is 36.7 Å². The first kappa shape index (κ1) is 26.4. The Labute approximate surface area is 214 Å². The molecule has 3 aromatic rings. The number of aromatic nitrogens is 1. The Kier molecular flexibility index (Phi) is 7.99. The van der Waals surface area contributed by atoms with Gasteiger partial charge in [-0.25, -0.2) is 4.98 Å². The first-order valence-corrected chi connectivity index (χ1v) is 12.1. The fraction of sp³-hybridized carbons (Fsp3) is 0.333. The highest BCUT2D eigenvalue weighted by Crippen LogP contribution is 2.35. The zero-order valence-electron chi connectivity index (χ0n) is 20.9. The van der Waals surface area contributed by atoms with Gasteiger partial charge < -0.3 is 21.3 Å². The number of nitrogens with two attached hydrogens (primary N) is 1. The lowest BCUT2D eigenvalue weighted by Gasteiger charge is -2.33. The van der Waals surface area contributed by atoms with Gasteiger partial charge in [0.2, 0.25) is 0 Å². The Morgan fingerprint density at radius 3 is 2.49 bits per heavy atom. The van der Waals surface area contributed by atoms with E-state index in [1.807, 2.05) is 31.0 Å². The molecule has 1 aliphatic heterocycles. The van der Waals surface area contributed by atoms with Crippen LogP contribution in [0, 0.1) is 6.92 Å². The van der Waals surface area contributed by atoms with E-state index in [-0.39, 0.29) is 17.8 Å². The number of anilines is 3. The molecule has 10 heteroatoms. The van der Waals surface area contributed by atoms with Crippen molar-refractivity contribution in [1.82, 2.24) is 14.8 Å². The quantitative estimate of drug-likeness (QED) is 0.429. The molecule has 0 saturated carbocycles. The standard InChI is InChI=1S/C27H31F3N6O/c1-18-3-7-22(24(13-18)32-15-19-4-8-25(31)33-16-19)26(37)34-21-6-5-20(23(14-21)27(28,29)30)17-36-11-9-35(2)10-12-36/h3-8,13-14,16,32H,9-12,15,17H2,1-2H3,(H2,31,33)(H,34,37). The first-order valence-electron chi connectivity index (χ1n) is 12.1. The summed E-state index contributed by atoms with van der Waals surface area (Å²) in [5.41, 5.74) is 7.88. The highest BCUT2D eigenvalue weighted by Gasteiger charge is 2.34. The number of benzene rings is 2. The lowest BCUT2D eigenvalue weighted by atomic mass is 10.0. The molecule has 2 aromatic carbocycles. The molecular formula is C27H31F3N6O. The molecule has 1 fully saturated rings. The van der Waals surface area contributed by atoms with Gasteiger partial charge in [0, 0.05) is 56.8 Å². The van der Waals surface area contributed by atoms with Crippen molar-refractivity contribution in [2.75, 3.05) is 49.6 Å². The first-order chi connectivity index (χ1) is 17.6. The van der Waals surface area contributed by atoms with Crippen molar-refractivity contribution in [2.45, 2.75) is 26.2 Å². The summed E-state index contributed by atoms with van der Waals surface area (Å²) in [5.74, 6) is -0.0926. The Hall–Kier alpha value is -3.63. The second-order valence-corrected chi connectivity index (χ2v) is 9.40. The van der Waals surface area contributed by atoms with E-state index in [4.69, 9.17) is 5.73 Å². The number of halogens is 3. The van der Waals surface area contributed by atoms with E-state index < -0.39 is 17.6 Å². The molecule has 0 atom stereocenters. The molecule has 37 heavy (non-hydrogen) atoms. The molecule has 0 aliphatic carbocycles. The van der Waals surface area contributed by atoms with Gasteiger partial charge in [-0.2, -0.15) is 13.2 Å². The van der Waals surface area contributed by atoms with Gasteiger partial charge in [0.25, 0.3) is 5.91 Å². The summed E-state index contributed by atoms with van der Waals surface area (Å²) >= 11 is 0. The molecule has 0 bridgehead atoms. The minimum Gasteiger partial charge on any atom is -0.384 e. The van der Waals surface area contributed by atoms with Gasteiger partial charge in [0.05, 0.1) is 11.1 Å². The molecule has 2 heterocycles. The summed E-state index contributed by atoms with van der Waals surface area (Å²) in [6.45, 7) is 5.56. The molecule has 7 nitrogen and oxygen atoms in total. The van der Waals surface area contributed by atoms with Crippen molar-refractivity contribution in [2.24, 2.45) is 0 Å². The summed E-state index contributed by atoms with van der Waals surface area (Å²) in [4.78, 5) is 21.4. The summed E-state index contributed by atoms with van der Waals surface area (Å²) in [5, 5.41) is 5.86. The van der Waals surface area contributed by atoms with Crippen LogP contribution in [0.5, 0.6) is 0 Å². The highest BCUT2D eigenvalue weighted by molar-refractivity contribution is 6.08. The lowest BCUT2D eigenvalue weighted by Crippen LogP contribution is -2.44. The number of amides is 1. The van der Waals surface area contributed by atoms with Crippen LogP contribution in [0.25, 0.3) is 0 Å². The second kappa shape index (κ2) is 11.2. The predicted octanol–water partition coefficient (Wildman–Crippen LogP) is 4.60. The fourth-order valence-electron chi connectivity index (χ4n) is 4.24. The number of alkyl halides is 3. The number of hydrogen-bond acceptors (Lipinski definition) is 6. The molecule has 0 unspecified atom stereocenters. The number of piperazine rings is 1. The van der Waals surface area contributed by atoms with Gasteiger partial charge in [0.15, 0.2) is 0 Å². The van der Waals surface area contributed by atoms with E-state index in [2.05, 4.69) is 20.5 Å². The van der Waals surface area contributed by atoms with Crippen molar-refractivity contribution in [1.29, 1.82) is 0 Å². The van der Waals surface area contributed by atoms with Gasteiger partial charge in [-0.3, -0.25) is 9.69 Å². The smallest absolute Gasteiger partial charge is 0.384 e. The minimum atomic E-state index is -4.54. The van der Waals surface area contributed by atoms with Crippen molar-refractivity contribution in [3.05, 3.63) is 82.5 Å². The molecule has 1 aromatic heterocycles. The monoisotopic (exact) mass is 512 g/mol. The molecular weight excluding hydrogens is 481 g/mol. The van der Waals surface area contributed by atoms with Gasteiger partial charge in [-0.1, -0.05) is 18.2 Å². The number of nitrogens with zero attached hydrogens (tertiary/aromatic N) is 3. The van der Waals surface area contributed by atoms with Crippen LogP contribution >= 0.6 is 0 Å². The zero-order chi connectivity index (χ0) is 26.6. The second-order valence-electron chi connectivity index (χ2n) is 9.40. The van der Waals surface area contributed by atoms with Gasteiger partial charge >= 0.3 is 6.18 Å². The van der Waals surface area contributed by atoms with Crippen molar-refractivity contribution in [3.8, 4) is 0 Å². The summed E-state index contributed by atoms with van der Waals surface area (Å²) in [6, 6.07) is 12.8. The molecule has 0 spiro atoms.